The Morgan fingerprint density at radius 2 is 1.68 bits per heavy atom. The Morgan fingerprint density at radius 3 is 2.24 bits per heavy atom. The van der Waals surface area contributed by atoms with Crippen LogP contribution in [0, 0.1) is 3.57 Å². The molecule has 1 atom stereocenters. The zero-order valence-electron chi connectivity index (χ0n) is 20.0. The Hall–Kier alpha value is -2.14. The number of hydrogen-bond donors (Lipinski definition) is 1. The molecule has 1 unspecified atom stereocenters. The lowest BCUT2D eigenvalue weighted by molar-refractivity contribution is -0.139. The van der Waals surface area contributed by atoms with E-state index in [2.05, 4.69) is 27.9 Å². The number of carbonyl (C=O) groups is 2. The van der Waals surface area contributed by atoms with Crippen LogP contribution in [-0.4, -0.2) is 57.1 Å². The largest absolute Gasteiger partial charge is 0.354 e. The molecule has 7 nitrogen and oxygen atoms in total. The highest BCUT2D eigenvalue weighted by molar-refractivity contribution is 14.1. The molecular formula is C25H34IN3O4S. The van der Waals surface area contributed by atoms with Crippen molar-refractivity contribution in [2.45, 2.75) is 45.6 Å². The maximum absolute atomic E-state index is 13.5. The van der Waals surface area contributed by atoms with Crippen molar-refractivity contribution in [3.8, 4) is 0 Å². The molecular weight excluding hydrogens is 565 g/mol. The molecule has 2 rings (SSSR count). The molecule has 0 saturated heterocycles. The number of nitrogens with one attached hydrogen (secondary N) is 1. The number of amides is 2. The Labute approximate surface area is 217 Å². The van der Waals surface area contributed by atoms with Gasteiger partial charge in [0.15, 0.2) is 0 Å². The molecule has 0 saturated carbocycles. The van der Waals surface area contributed by atoms with Crippen LogP contribution in [0.25, 0.3) is 0 Å². The average Bonchev–Trinajstić information content (AvgIpc) is 2.80. The second kappa shape index (κ2) is 13.7. The van der Waals surface area contributed by atoms with Crippen LogP contribution in [0.2, 0.25) is 0 Å². The van der Waals surface area contributed by atoms with Crippen LogP contribution < -0.4 is 9.62 Å². The van der Waals surface area contributed by atoms with Crippen molar-refractivity contribution in [2.75, 3.05) is 30.2 Å². The van der Waals surface area contributed by atoms with Gasteiger partial charge in [-0.25, -0.2) is 8.42 Å². The smallest absolute Gasteiger partial charge is 0.244 e. The van der Waals surface area contributed by atoms with E-state index in [1.165, 1.54) is 4.90 Å². The molecule has 0 radical (unpaired) electrons. The molecule has 2 amide bonds. The van der Waals surface area contributed by atoms with Crippen molar-refractivity contribution in [3.63, 3.8) is 0 Å². The van der Waals surface area contributed by atoms with Gasteiger partial charge in [0.1, 0.15) is 12.6 Å². The van der Waals surface area contributed by atoms with Crippen molar-refractivity contribution in [3.05, 3.63) is 63.7 Å². The number of nitrogens with zero attached hydrogens (tertiary/aromatic N) is 2. The van der Waals surface area contributed by atoms with Crippen molar-refractivity contribution >= 4 is 50.1 Å². The number of sulfonamides is 1. The summed E-state index contributed by atoms with van der Waals surface area (Å²) in [4.78, 5) is 28.0. The molecule has 0 bridgehead atoms. The van der Waals surface area contributed by atoms with Gasteiger partial charge in [0.05, 0.1) is 11.9 Å². The summed E-state index contributed by atoms with van der Waals surface area (Å²) in [7, 11) is -3.71. The Kier molecular flexibility index (Phi) is 11.3. The van der Waals surface area contributed by atoms with Crippen LogP contribution in [0.4, 0.5) is 5.69 Å². The summed E-state index contributed by atoms with van der Waals surface area (Å²) in [6.45, 7) is 4.40. The van der Waals surface area contributed by atoms with Gasteiger partial charge < -0.3 is 10.2 Å². The second-order valence-corrected chi connectivity index (χ2v) is 11.3. The molecule has 0 fully saturated rings. The second-order valence-electron chi connectivity index (χ2n) is 8.14. The molecule has 2 aromatic carbocycles. The minimum Gasteiger partial charge on any atom is -0.354 e. The van der Waals surface area contributed by atoms with Gasteiger partial charge in [-0.05, 0) is 71.7 Å². The summed E-state index contributed by atoms with van der Waals surface area (Å²) in [5, 5.41) is 2.92. The molecule has 0 aliphatic heterocycles. The first-order valence-electron chi connectivity index (χ1n) is 11.5. The SMILES string of the molecule is CCCCNC(=O)C(CC)N(CCc1ccccc1)C(=O)CN(c1ccc(I)cc1)S(C)(=O)=O. The lowest BCUT2D eigenvalue weighted by Crippen LogP contribution is -2.53. The Morgan fingerprint density at radius 1 is 1.03 bits per heavy atom. The number of benzene rings is 2. The molecule has 34 heavy (non-hydrogen) atoms. The van der Waals surface area contributed by atoms with Gasteiger partial charge in [-0.15, -0.1) is 0 Å². The zero-order chi connectivity index (χ0) is 25.1. The van der Waals surface area contributed by atoms with Crippen LogP contribution in [0.15, 0.2) is 54.6 Å². The highest BCUT2D eigenvalue weighted by Gasteiger charge is 2.31. The third-order valence-electron chi connectivity index (χ3n) is 5.49. The van der Waals surface area contributed by atoms with E-state index in [1.807, 2.05) is 44.2 Å². The van der Waals surface area contributed by atoms with E-state index >= 15 is 0 Å². The maximum atomic E-state index is 13.5. The molecule has 9 heteroatoms. The molecule has 2 aromatic rings. The van der Waals surface area contributed by atoms with Gasteiger partial charge in [-0.3, -0.25) is 13.9 Å². The fraction of sp³-hybridized carbons (Fsp3) is 0.440. The lowest BCUT2D eigenvalue weighted by atomic mass is 10.1. The van der Waals surface area contributed by atoms with Crippen LogP contribution in [0.1, 0.15) is 38.7 Å². The molecule has 186 valence electrons. The van der Waals surface area contributed by atoms with Gasteiger partial charge in [0.2, 0.25) is 21.8 Å². The first-order valence-corrected chi connectivity index (χ1v) is 14.4. The van der Waals surface area contributed by atoms with E-state index in [0.717, 1.165) is 32.5 Å². The standard InChI is InChI=1S/C25H34IN3O4S/c1-4-6-17-27-25(31)23(5-2)28(18-16-20-10-8-7-9-11-20)24(30)19-29(34(3,32)33)22-14-12-21(26)13-15-22/h7-15,23H,4-6,16-19H2,1-3H3,(H,27,31). The fourth-order valence-electron chi connectivity index (χ4n) is 3.62. The van der Waals surface area contributed by atoms with Gasteiger partial charge in [-0.2, -0.15) is 0 Å². The number of unbranched alkanes of at least 4 members (excludes halogenated alkanes) is 1. The van der Waals surface area contributed by atoms with Crippen LogP contribution in [0.3, 0.4) is 0 Å². The predicted molar refractivity (Wildman–Crippen MR) is 145 cm³/mol. The summed E-state index contributed by atoms with van der Waals surface area (Å²) < 4.78 is 27.2. The highest BCUT2D eigenvalue weighted by atomic mass is 127. The van der Waals surface area contributed by atoms with E-state index in [9.17, 15) is 18.0 Å². The van der Waals surface area contributed by atoms with E-state index in [4.69, 9.17) is 0 Å². The van der Waals surface area contributed by atoms with E-state index in [0.29, 0.717) is 31.6 Å². The Bertz CT molecular complexity index is 1030. The monoisotopic (exact) mass is 599 g/mol. The average molecular weight is 600 g/mol. The molecule has 0 heterocycles. The van der Waals surface area contributed by atoms with E-state index in [-0.39, 0.29) is 12.5 Å². The van der Waals surface area contributed by atoms with Crippen molar-refractivity contribution in [2.24, 2.45) is 0 Å². The molecule has 0 aromatic heterocycles. The quantitative estimate of drug-likeness (QED) is 0.280. The van der Waals surface area contributed by atoms with Gasteiger partial charge >= 0.3 is 0 Å². The third-order valence-corrected chi connectivity index (χ3v) is 7.35. The van der Waals surface area contributed by atoms with E-state index < -0.39 is 22.0 Å². The summed E-state index contributed by atoms with van der Waals surface area (Å²) in [6.07, 6.45) is 3.89. The zero-order valence-corrected chi connectivity index (χ0v) is 23.0. The maximum Gasteiger partial charge on any atom is 0.244 e. The first-order chi connectivity index (χ1) is 16.2. The number of carbonyl (C=O) groups excluding carboxylic acids is 2. The minimum absolute atomic E-state index is 0.211. The van der Waals surface area contributed by atoms with Crippen LogP contribution in [-0.2, 0) is 26.0 Å². The Balaban J connectivity index is 2.31. The number of halogens is 1. The van der Waals surface area contributed by atoms with E-state index in [1.54, 1.807) is 24.3 Å². The minimum atomic E-state index is -3.71. The summed E-state index contributed by atoms with van der Waals surface area (Å²) in [5.74, 6) is -0.616. The number of hydrogen-bond acceptors (Lipinski definition) is 4. The molecule has 0 spiro atoms. The van der Waals surface area contributed by atoms with Crippen molar-refractivity contribution in [1.29, 1.82) is 0 Å². The third kappa shape index (κ3) is 8.57. The highest BCUT2D eigenvalue weighted by Crippen LogP contribution is 2.20. The van der Waals surface area contributed by atoms with Crippen molar-refractivity contribution < 1.29 is 18.0 Å². The topological polar surface area (TPSA) is 86.8 Å². The van der Waals surface area contributed by atoms with Gasteiger partial charge in [0, 0.05) is 16.7 Å². The van der Waals surface area contributed by atoms with Crippen LogP contribution in [0.5, 0.6) is 0 Å². The predicted octanol–water partition coefficient (Wildman–Crippen LogP) is 3.82. The first kappa shape index (κ1) is 28.1. The number of anilines is 1. The van der Waals surface area contributed by atoms with Gasteiger partial charge in [-0.1, -0.05) is 50.6 Å². The van der Waals surface area contributed by atoms with Crippen LogP contribution >= 0.6 is 22.6 Å². The fourth-order valence-corrected chi connectivity index (χ4v) is 4.83. The number of rotatable bonds is 13. The summed E-state index contributed by atoms with van der Waals surface area (Å²) in [5.41, 5.74) is 1.46. The summed E-state index contributed by atoms with van der Waals surface area (Å²) in [6, 6.07) is 16.0. The summed E-state index contributed by atoms with van der Waals surface area (Å²) >= 11 is 2.14. The lowest BCUT2D eigenvalue weighted by Gasteiger charge is -2.33. The normalized spacial score (nSPS) is 12.1. The molecule has 0 aliphatic carbocycles. The molecule has 0 aliphatic rings. The van der Waals surface area contributed by atoms with Crippen molar-refractivity contribution in [1.82, 2.24) is 10.2 Å². The molecule has 1 N–H and O–H groups in total. The van der Waals surface area contributed by atoms with Gasteiger partial charge in [0.25, 0.3) is 0 Å².